The molecule has 1 amide bonds. The summed E-state index contributed by atoms with van der Waals surface area (Å²) in [5.74, 6) is 0.980. The average Bonchev–Trinajstić information content (AvgIpc) is 3.06. The molecule has 0 spiro atoms. The van der Waals surface area contributed by atoms with Crippen molar-refractivity contribution in [2.75, 3.05) is 39.0 Å². The van der Waals surface area contributed by atoms with Gasteiger partial charge in [-0.1, -0.05) is 33.8 Å². The topological polar surface area (TPSA) is 102 Å². The van der Waals surface area contributed by atoms with E-state index in [2.05, 4.69) is 42.9 Å². The maximum absolute atomic E-state index is 12.6. The molecule has 0 aliphatic carbocycles. The van der Waals surface area contributed by atoms with Crippen molar-refractivity contribution in [1.82, 2.24) is 15.2 Å². The third-order valence-corrected chi connectivity index (χ3v) is 6.33. The molecule has 0 aliphatic heterocycles. The first-order valence-electron chi connectivity index (χ1n) is 11.3. The Balaban J connectivity index is 1.94. The molecule has 0 atom stereocenters. The van der Waals surface area contributed by atoms with Crippen LogP contribution in [-0.4, -0.2) is 63.3 Å². The normalized spacial score (nSPS) is 12.0. The lowest BCUT2D eigenvalue weighted by Gasteiger charge is -2.26. The van der Waals surface area contributed by atoms with E-state index in [4.69, 9.17) is 9.15 Å². The van der Waals surface area contributed by atoms with Gasteiger partial charge in [-0.25, -0.2) is 13.4 Å². The van der Waals surface area contributed by atoms with Crippen molar-refractivity contribution in [2.24, 2.45) is 11.8 Å². The summed E-state index contributed by atoms with van der Waals surface area (Å²) in [6.07, 6.45) is 0. The number of rotatable bonds is 13. The van der Waals surface area contributed by atoms with Gasteiger partial charge in [-0.05, 0) is 37.0 Å². The molecule has 0 bridgehead atoms. The third kappa shape index (κ3) is 9.17. The van der Waals surface area contributed by atoms with E-state index in [1.54, 1.807) is 38.3 Å². The Morgan fingerprint density at radius 1 is 1.18 bits per heavy atom. The van der Waals surface area contributed by atoms with E-state index in [1.165, 1.54) is 0 Å². The number of methoxy groups -OCH3 is 1. The fraction of sp³-hybridized carbons (Fsp3) is 0.583. The first-order chi connectivity index (χ1) is 15.5. The summed E-state index contributed by atoms with van der Waals surface area (Å²) in [5.41, 5.74) is 0.992. The number of aromatic nitrogens is 1. The van der Waals surface area contributed by atoms with Crippen molar-refractivity contribution in [3.05, 3.63) is 35.7 Å². The molecular weight excluding hydrogens is 442 g/mol. The van der Waals surface area contributed by atoms with Gasteiger partial charge in [-0.15, -0.1) is 0 Å². The minimum Gasteiger partial charge on any atom is -0.497 e. The summed E-state index contributed by atoms with van der Waals surface area (Å²) in [5, 5.41) is 2.74. The lowest BCUT2D eigenvalue weighted by molar-refractivity contribution is -0.118. The standard InChI is InChI=1S/C24H37N3O5S/c1-17(2)13-27(14-18(3)4)11-10-25-23(28)16-33(29,30)15-22-19(5)32-24(26-22)20-8-7-9-21(12-20)31-6/h7-9,12,17-18H,10-11,13-16H2,1-6H3,(H,25,28). The summed E-state index contributed by atoms with van der Waals surface area (Å²) in [6, 6.07) is 7.17. The van der Waals surface area contributed by atoms with Crippen LogP contribution in [0.3, 0.4) is 0 Å². The molecule has 0 unspecified atom stereocenters. The van der Waals surface area contributed by atoms with Crippen LogP contribution in [0, 0.1) is 18.8 Å². The number of sulfone groups is 1. The lowest BCUT2D eigenvalue weighted by atomic mass is 10.1. The highest BCUT2D eigenvalue weighted by Crippen LogP contribution is 2.26. The van der Waals surface area contributed by atoms with Crippen LogP contribution in [0.25, 0.3) is 11.5 Å². The number of amides is 1. The monoisotopic (exact) mass is 479 g/mol. The second-order valence-corrected chi connectivity index (χ2v) is 11.2. The average molecular weight is 480 g/mol. The summed E-state index contributed by atoms with van der Waals surface area (Å²) in [7, 11) is -2.13. The van der Waals surface area contributed by atoms with Crippen molar-refractivity contribution >= 4 is 15.7 Å². The summed E-state index contributed by atoms with van der Waals surface area (Å²) in [4.78, 5) is 18.9. The minimum atomic E-state index is -3.70. The largest absolute Gasteiger partial charge is 0.497 e. The molecule has 0 fully saturated rings. The van der Waals surface area contributed by atoms with Gasteiger partial charge >= 0.3 is 0 Å². The van der Waals surface area contributed by atoms with Crippen LogP contribution in [0.5, 0.6) is 5.75 Å². The zero-order valence-corrected chi connectivity index (χ0v) is 21.4. The van der Waals surface area contributed by atoms with Gasteiger partial charge in [0.15, 0.2) is 9.84 Å². The van der Waals surface area contributed by atoms with Crippen LogP contribution >= 0.6 is 0 Å². The Morgan fingerprint density at radius 3 is 2.45 bits per heavy atom. The highest BCUT2D eigenvalue weighted by Gasteiger charge is 2.22. The Hall–Kier alpha value is -2.39. The molecule has 0 aliphatic rings. The SMILES string of the molecule is COc1cccc(-c2nc(CS(=O)(=O)CC(=O)NCCN(CC(C)C)CC(C)C)c(C)o2)c1. The highest BCUT2D eigenvalue weighted by molar-refractivity contribution is 7.91. The summed E-state index contributed by atoms with van der Waals surface area (Å²) >= 11 is 0. The van der Waals surface area contributed by atoms with Crippen molar-refractivity contribution in [3.63, 3.8) is 0 Å². The fourth-order valence-electron chi connectivity index (χ4n) is 3.59. The third-order valence-electron chi connectivity index (χ3n) is 4.91. The Bertz CT molecular complexity index is 1000. The van der Waals surface area contributed by atoms with Crippen LogP contribution < -0.4 is 10.1 Å². The van der Waals surface area contributed by atoms with Crippen LogP contribution in [0.1, 0.15) is 39.1 Å². The number of nitrogens with zero attached hydrogens (tertiary/aromatic N) is 2. The minimum absolute atomic E-state index is 0.306. The Morgan fingerprint density at radius 2 is 1.85 bits per heavy atom. The predicted molar refractivity (Wildman–Crippen MR) is 130 cm³/mol. The molecule has 0 radical (unpaired) electrons. The fourth-order valence-corrected chi connectivity index (χ4v) is 4.88. The molecule has 1 heterocycles. The van der Waals surface area contributed by atoms with E-state index in [0.717, 1.165) is 13.1 Å². The number of carbonyl (C=O) groups is 1. The number of nitrogens with one attached hydrogen (secondary N) is 1. The van der Waals surface area contributed by atoms with Gasteiger partial charge in [0.25, 0.3) is 0 Å². The van der Waals surface area contributed by atoms with E-state index in [0.29, 0.717) is 53.6 Å². The number of hydrogen-bond donors (Lipinski definition) is 1. The van der Waals surface area contributed by atoms with Crippen LogP contribution in [0.2, 0.25) is 0 Å². The number of aryl methyl sites for hydroxylation is 1. The maximum atomic E-state index is 12.6. The zero-order valence-electron chi connectivity index (χ0n) is 20.6. The second-order valence-electron chi connectivity index (χ2n) is 9.18. The summed E-state index contributed by atoms with van der Waals surface area (Å²) < 4.78 is 36.1. The molecule has 33 heavy (non-hydrogen) atoms. The molecule has 1 N–H and O–H groups in total. The highest BCUT2D eigenvalue weighted by atomic mass is 32.2. The van der Waals surface area contributed by atoms with Gasteiger partial charge in [0.1, 0.15) is 17.3 Å². The molecule has 9 heteroatoms. The number of carbonyl (C=O) groups excluding carboxylic acids is 1. The van der Waals surface area contributed by atoms with Gasteiger partial charge in [0.2, 0.25) is 11.8 Å². The van der Waals surface area contributed by atoms with Crippen LogP contribution in [0.15, 0.2) is 28.7 Å². The maximum Gasteiger partial charge on any atom is 0.235 e. The van der Waals surface area contributed by atoms with Gasteiger partial charge < -0.3 is 19.4 Å². The number of benzene rings is 1. The van der Waals surface area contributed by atoms with E-state index in [1.807, 2.05) is 0 Å². The lowest BCUT2D eigenvalue weighted by Crippen LogP contribution is -2.40. The van der Waals surface area contributed by atoms with Crippen LogP contribution in [0.4, 0.5) is 0 Å². The zero-order chi connectivity index (χ0) is 24.6. The molecule has 2 rings (SSSR count). The first-order valence-corrected chi connectivity index (χ1v) is 13.1. The number of ether oxygens (including phenoxy) is 1. The molecule has 184 valence electrons. The van der Waals surface area contributed by atoms with Crippen molar-refractivity contribution in [3.8, 4) is 17.2 Å². The number of hydrogen-bond acceptors (Lipinski definition) is 7. The van der Waals surface area contributed by atoms with Gasteiger partial charge in [-0.2, -0.15) is 0 Å². The molecule has 1 aromatic heterocycles. The van der Waals surface area contributed by atoms with E-state index < -0.39 is 21.5 Å². The van der Waals surface area contributed by atoms with Gasteiger partial charge in [0, 0.05) is 31.7 Å². The van der Waals surface area contributed by atoms with Crippen LogP contribution in [-0.2, 0) is 20.4 Å². The molecule has 0 saturated carbocycles. The molecule has 1 aromatic carbocycles. The molecule has 0 saturated heterocycles. The number of oxazole rings is 1. The Labute approximate surface area is 197 Å². The second kappa shape index (κ2) is 12.2. The van der Waals surface area contributed by atoms with Crippen molar-refractivity contribution < 1.29 is 22.4 Å². The molecular formula is C24H37N3O5S. The van der Waals surface area contributed by atoms with Crippen molar-refractivity contribution in [1.29, 1.82) is 0 Å². The Kier molecular flexibility index (Phi) is 9.91. The quantitative estimate of drug-likeness (QED) is 0.470. The van der Waals surface area contributed by atoms with Gasteiger partial charge in [0.05, 0.1) is 18.6 Å². The van der Waals surface area contributed by atoms with Crippen molar-refractivity contribution in [2.45, 2.75) is 40.4 Å². The smallest absolute Gasteiger partial charge is 0.235 e. The predicted octanol–water partition coefficient (Wildman–Crippen LogP) is 3.30. The van der Waals surface area contributed by atoms with E-state index >= 15 is 0 Å². The molecule has 8 nitrogen and oxygen atoms in total. The van der Waals surface area contributed by atoms with E-state index in [9.17, 15) is 13.2 Å². The van der Waals surface area contributed by atoms with E-state index in [-0.39, 0.29) is 5.75 Å². The molecule has 2 aromatic rings. The summed E-state index contributed by atoms with van der Waals surface area (Å²) in [6.45, 7) is 13.3. The van der Waals surface area contributed by atoms with Gasteiger partial charge in [-0.3, -0.25) is 4.79 Å². The first kappa shape index (κ1) is 26.9.